The van der Waals surface area contributed by atoms with Crippen LogP contribution in [-0.2, 0) is 52.1 Å². The molecule has 0 amide bonds. The van der Waals surface area contributed by atoms with Crippen LogP contribution in [-0.4, -0.2) is 314 Å². The number of aliphatic hydroxyl groups excluding tert-OH is 18. The van der Waals surface area contributed by atoms with Gasteiger partial charge in [0.2, 0.25) is 0 Å². The lowest BCUT2D eigenvalue weighted by atomic mass is 9.43. The average molecular weight is 1260 g/mol. The largest absolute Gasteiger partial charge is 0.394 e. The van der Waals surface area contributed by atoms with Crippen molar-refractivity contribution in [2.75, 3.05) is 39.6 Å². The minimum absolute atomic E-state index is 0.0910. The van der Waals surface area contributed by atoms with Gasteiger partial charge < -0.3 is 149 Å². The van der Waals surface area contributed by atoms with Gasteiger partial charge in [-0.2, -0.15) is 0 Å². The Morgan fingerprint density at radius 3 is 1.54 bits per heavy atom. The highest BCUT2D eigenvalue weighted by molar-refractivity contribution is 5.18. The van der Waals surface area contributed by atoms with Crippen molar-refractivity contribution in [1.82, 2.24) is 0 Å². The fourth-order valence-electron chi connectivity index (χ4n) is 17.1. The van der Waals surface area contributed by atoms with Crippen molar-refractivity contribution in [2.24, 2.45) is 52.3 Å². The molecule has 38 atom stereocenters. The van der Waals surface area contributed by atoms with Crippen molar-refractivity contribution in [2.45, 2.75) is 263 Å². The highest BCUT2D eigenvalue weighted by Gasteiger charge is 2.71. The smallest absolute Gasteiger partial charge is 0.187 e. The molecule has 87 heavy (non-hydrogen) atoms. The van der Waals surface area contributed by atoms with Crippen LogP contribution in [0.4, 0.5) is 0 Å². The fourth-order valence-corrected chi connectivity index (χ4v) is 17.1. The zero-order valence-electron chi connectivity index (χ0n) is 49.3. The Morgan fingerprint density at radius 1 is 0.483 bits per heavy atom. The van der Waals surface area contributed by atoms with Crippen LogP contribution in [0.1, 0.15) is 85.5 Å². The third-order valence-corrected chi connectivity index (χ3v) is 22.3. The molecular weight excluding hydrogens is 1160 g/mol. The molecule has 504 valence electrons. The first kappa shape index (κ1) is 68.7. The van der Waals surface area contributed by atoms with Gasteiger partial charge in [-0.3, -0.25) is 0 Å². The molecule has 10 rings (SSSR count). The minimum atomic E-state index is -2.08. The lowest BCUT2D eigenvalue weighted by molar-refractivity contribution is -0.406. The molecule has 0 bridgehead atoms. The predicted octanol–water partition coefficient (Wildman–Crippen LogP) is -7.16. The average Bonchev–Trinajstić information content (AvgIpc) is 1.58. The van der Waals surface area contributed by atoms with Crippen LogP contribution in [0.15, 0.2) is 0 Å². The monoisotopic (exact) mass is 1260 g/mol. The van der Waals surface area contributed by atoms with Crippen LogP contribution in [0.3, 0.4) is 0 Å². The van der Waals surface area contributed by atoms with Gasteiger partial charge in [-0.05, 0) is 86.4 Å². The Morgan fingerprint density at radius 2 is 0.966 bits per heavy atom. The van der Waals surface area contributed by atoms with Gasteiger partial charge in [-0.25, -0.2) is 0 Å². The molecule has 0 spiro atoms. The molecule has 10 aliphatic rings. The van der Waals surface area contributed by atoms with E-state index in [9.17, 15) is 97.0 Å². The molecule has 0 aromatic carbocycles. The first-order valence-corrected chi connectivity index (χ1v) is 31.0. The molecule has 6 heterocycles. The molecule has 19 N–H and O–H groups in total. The maximum atomic E-state index is 12.4. The molecular formula is C57H96O30. The Kier molecular flexibility index (Phi) is 21.5. The molecule has 6 aliphatic heterocycles. The molecule has 4 saturated carbocycles. The van der Waals surface area contributed by atoms with E-state index in [2.05, 4.69) is 13.8 Å². The summed E-state index contributed by atoms with van der Waals surface area (Å²) in [7, 11) is 0. The first-order valence-electron chi connectivity index (χ1n) is 31.0. The van der Waals surface area contributed by atoms with Gasteiger partial charge in [0.25, 0.3) is 0 Å². The minimum Gasteiger partial charge on any atom is -0.394 e. The van der Waals surface area contributed by atoms with Crippen molar-refractivity contribution in [3.8, 4) is 0 Å². The van der Waals surface area contributed by atoms with Crippen molar-refractivity contribution >= 4 is 0 Å². The molecule has 10 fully saturated rings. The van der Waals surface area contributed by atoms with Crippen LogP contribution >= 0.6 is 0 Å². The molecule has 0 unspecified atom stereocenters. The molecule has 0 aromatic heterocycles. The van der Waals surface area contributed by atoms with Gasteiger partial charge in [-0.15, -0.1) is 0 Å². The SMILES string of the molecule is C[C@H](CC[C@@]1(O)O[C@H]2C[C@H]3[C@@H]4CC[C@H]5C[C@@H](O[C@@H]6O[C@H](CO)[C@H](O[C@@H]7O[C@H](CO)[C@@H](O)[C@H](O[C@@H]8O[C@H](CO)[C@@H](O)[C@H](O)[C@H]8O)[C@H]7O[C@@H]7O[C@H](CO)[C@@H](O)[C@H](O)[C@H]7O)[C@H](O)[C@H]6O)CC[C@]5(C)[C@H]4C[C@@H](O)[C@]3(C)[C@H]2[C@@H]1C)CO[C@@H]1O[C@H](CO)[C@@H](O)[C@H](O)[C@H]1O. The zero-order valence-corrected chi connectivity index (χ0v) is 49.3. The lowest BCUT2D eigenvalue weighted by Crippen LogP contribution is -2.68. The Hall–Kier alpha value is -1.20. The summed E-state index contributed by atoms with van der Waals surface area (Å²) in [5.41, 5.74) is -0.773. The van der Waals surface area contributed by atoms with Crippen LogP contribution in [0.25, 0.3) is 0 Å². The van der Waals surface area contributed by atoms with Gasteiger partial charge in [0.05, 0.1) is 58.0 Å². The lowest BCUT2D eigenvalue weighted by Gasteiger charge is -2.62. The summed E-state index contributed by atoms with van der Waals surface area (Å²) in [5, 5.41) is 205. The summed E-state index contributed by atoms with van der Waals surface area (Å²) in [5.74, 6) is -1.46. The van der Waals surface area contributed by atoms with Crippen molar-refractivity contribution in [3.05, 3.63) is 0 Å². The van der Waals surface area contributed by atoms with Gasteiger partial charge in [0.1, 0.15) is 122 Å². The van der Waals surface area contributed by atoms with Crippen molar-refractivity contribution in [1.29, 1.82) is 0 Å². The van der Waals surface area contributed by atoms with E-state index in [0.717, 1.165) is 12.8 Å². The maximum Gasteiger partial charge on any atom is 0.187 e. The molecule has 0 aromatic rings. The summed E-state index contributed by atoms with van der Waals surface area (Å²) < 4.78 is 65.8. The van der Waals surface area contributed by atoms with E-state index in [-0.39, 0.29) is 66.0 Å². The summed E-state index contributed by atoms with van der Waals surface area (Å²) >= 11 is 0. The van der Waals surface area contributed by atoms with Crippen molar-refractivity contribution in [3.63, 3.8) is 0 Å². The number of hydrogen-bond donors (Lipinski definition) is 19. The first-order chi connectivity index (χ1) is 41.2. The number of ether oxygens (including phenoxy) is 11. The normalized spacial score (nSPS) is 55.6. The number of aliphatic hydroxyl groups is 19. The third-order valence-electron chi connectivity index (χ3n) is 22.3. The Bertz CT molecular complexity index is 2220. The maximum absolute atomic E-state index is 12.4. The van der Waals surface area contributed by atoms with Crippen LogP contribution in [0.5, 0.6) is 0 Å². The highest BCUT2D eigenvalue weighted by Crippen LogP contribution is 2.71. The molecule has 4 aliphatic carbocycles. The van der Waals surface area contributed by atoms with Crippen molar-refractivity contribution < 1.29 is 149 Å². The van der Waals surface area contributed by atoms with Crippen LogP contribution < -0.4 is 0 Å². The fraction of sp³-hybridized carbons (Fsp3) is 1.00. The van der Waals surface area contributed by atoms with E-state index in [1.807, 2.05) is 13.8 Å². The van der Waals surface area contributed by atoms with E-state index >= 15 is 0 Å². The van der Waals surface area contributed by atoms with E-state index in [0.29, 0.717) is 38.5 Å². The number of hydrogen-bond acceptors (Lipinski definition) is 30. The Labute approximate surface area is 502 Å². The summed E-state index contributed by atoms with van der Waals surface area (Å²) in [6, 6.07) is 0. The number of rotatable bonds is 19. The quantitative estimate of drug-likeness (QED) is 0.0534. The van der Waals surface area contributed by atoms with E-state index in [1.165, 1.54) is 0 Å². The molecule has 6 saturated heterocycles. The van der Waals surface area contributed by atoms with E-state index < -0.39 is 210 Å². The second-order valence-corrected chi connectivity index (χ2v) is 27.2. The second-order valence-electron chi connectivity index (χ2n) is 27.2. The van der Waals surface area contributed by atoms with Gasteiger partial charge in [-0.1, -0.05) is 27.7 Å². The van der Waals surface area contributed by atoms with Crippen LogP contribution in [0, 0.1) is 52.3 Å². The second kappa shape index (κ2) is 27.3. The van der Waals surface area contributed by atoms with E-state index in [4.69, 9.17) is 52.1 Å². The molecule has 30 nitrogen and oxygen atoms in total. The van der Waals surface area contributed by atoms with Gasteiger partial charge in [0.15, 0.2) is 37.2 Å². The summed E-state index contributed by atoms with van der Waals surface area (Å²) in [4.78, 5) is 0. The Balaban J connectivity index is 0.775. The summed E-state index contributed by atoms with van der Waals surface area (Å²) in [6.07, 6.45) is -39.9. The van der Waals surface area contributed by atoms with E-state index in [1.54, 1.807) is 0 Å². The standard InChI is InChI=1S/C57H96O30/c1-20(19-77-50-43(72)39(68)35(64)28(14-58)79-50)7-10-57(76)21(2)34-27(87-57)12-26-24-6-5-22-11-23(8-9-55(22,3)25(24)13-33(63)56(26,34)4)78-51-46(75)42(71)47(32(18-62)83-51)84-54-49(86-53-45(74)41(70)37(66)30(16-60)81-53)48(38(67)31(17-61)82-54)85-52-44(73)40(69)36(65)29(15-59)80-52/h20-54,58-76H,5-19H2,1-4H3/t20-,21+,22+,23+,24-,25+,26+,27+,28-,29-,30-,31-,32-,33-,34+,35-,36-,37-,38-,39+,40+,41+,42-,43-,44-,45-,46-,47+,48+,49-,50-,51-,52+,53+,54+,55+,56-,57-/m1/s1. The molecule has 30 heteroatoms. The zero-order chi connectivity index (χ0) is 63.1. The number of fused-ring (bicyclic) bond motifs is 7. The predicted molar refractivity (Wildman–Crippen MR) is 286 cm³/mol. The van der Waals surface area contributed by atoms with Gasteiger partial charge in [0, 0.05) is 23.7 Å². The molecule has 0 radical (unpaired) electrons. The third kappa shape index (κ3) is 12.5. The van der Waals surface area contributed by atoms with Gasteiger partial charge >= 0.3 is 0 Å². The topological polar surface area (TPSA) is 486 Å². The van der Waals surface area contributed by atoms with Crippen LogP contribution in [0.2, 0.25) is 0 Å². The summed E-state index contributed by atoms with van der Waals surface area (Å²) in [6.45, 7) is 4.25. The highest BCUT2D eigenvalue weighted by atomic mass is 16.8.